The Hall–Kier alpha value is -0.830. The first-order valence-corrected chi connectivity index (χ1v) is 5.92. The van der Waals surface area contributed by atoms with E-state index in [1.54, 1.807) is 0 Å². The van der Waals surface area contributed by atoms with Gasteiger partial charge in [0, 0.05) is 31.1 Å². The topological polar surface area (TPSA) is 43.8 Å². The van der Waals surface area contributed by atoms with Gasteiger partial charge in [0.2, 0.25) is 0 Å². The molecule has 0 radical (unpaired) electrons. The van der Waals surface area contributed by atoms with Crippen molar-refractivity contribution >= 4 is 0 Å². The summed E-state index contributed by atoms with van der Waals surface area (Å²) in [6, 6.07) is 0.300. The van der Waals surface area contributed by atoms with Gasteiger partial charge in [0.1, 0.15) is 5.82 Å². The highest BCUT2D eigenvalue weighted by molar-refractivity contribution is 5.29. The molecule has 0 aromatic carbocycles. The fourth-order valence-corrected chi connectivity index (χ4v) is 2.83. The van der Waals surface area contributed by atoms with Crippen molar-refractivity contribution in [3.63, 3.8) is 0 Å². The SMILES string of the molecule is CC1(C)C(N)C1c1cn2c(n1)CCCC2. The van der Waals surface area contributed by atoms with E-state index in [2.05, 4.69) is 24.6 Å². The zero-order chi connectivity index (χ0) is 10.6. The number of nitrogens with zero attached hydrogens (tertiary/aromatic N) is 2. The summed E-state index contributed by atoms with van der Waals surface area (Å²) >= 11 is 0. The van der Waals surface area contributed by atoms with Crippen LogP contribution in [-0.4, -0.2) is 15.6 Å². The molecular weight excluding hydrogens is 186 g/mol. The molecule has 82 valence electrons. The monoisotopic (exact) mass is 205 g/mol. The van der Waals surface area contributed by atoms with Crippen molar-refractivity contribution < 1.29 is 0 Å². The van der Waals surface area contributed by atoms with Crippen molar-refractivity contribution in [2.45, 2.75) is 51.6 Å². The number of aromatic nitrogens is 2. The van der Waals surface area contributed by atoms with Crippen LogP contribution in [0.1, 0.15) is 44.1 Å². The fourth-order valence-electron chi connectivity index (χ4n) is 2.83. The van der Waals surface area contributed by atoms with Crippen LogP contribution in [-0.2, 0) is 13.0 Å². The largest absolute Gasteiger partial charge is 0.335 e. The third kappa shape index (κ3) is 1.26. The maximum atomic E-state index is 6.08. The van der Waals surface area contributed by atoms with Gasteiger partial charge in [-0.15, -0.1) is 0 Å². The van der Waals surface area contributed by atoms with E-state index in [0.29, 0.717) is 12.0 Å². The highest BCUT2D eigenvalue weighted by Crippen LogP contribution is 2.56. The van der Waals surface area contributed by atoms with Crippen LogP contribution in [0.25, 0.3) is 0 Å². The average molecular weight is 205 g/mol. The molecular formula is C12H19N3. The molecule has 0 bridgehead atoms. The van der Waals surface area contributed by atoms with Gasteiger partial charge in [-0.25, -0.2) is 4.98 Å². The third-order valence-corrected chi connectivity index (χ3v) is 4.16. The van der Waals surface area contributed by atoms with Gasteiger partial charge in [0.25, 0.3) is 0 Å². The average Bonchev–Trinajstić information content (AvgIpc) is 2.61. The van der Waals surface area contributed by atoms with Crippen molar-refractivity contribution in [3.05, 3.63) is 17.7 Å². The Morgan fingerprint density at radius 3 is 2.80 bits per heavy atom. The molecule has 0 amide bonds. The van der Waals surface area contributed by atoms with Gasteiger partial charge in [0.15, 0.2) is 0 Å². The van der Waals surface area contributed by atoms with Crippen LogP contribution in [0.3, 0.4) is 0 Å². The molecule has 3 rings (SSSR count). The van der Waals surface area contributed by atoms with Crippen molar-refractivity contribution in [1.29, 1.82) is 0 Å². The number of fused-ring (bicyclic) bond motifs is 1. The summed E-state index contributed by atoms with van der Waals surface area (Å²) in [5.41, 5.74) is 7.57. The molecule has 2 aliphatic rings. The number of hydrogen-bond donors (Lipinski definition) is 1. The van der Waals surface area contributed by atoms with Crippen molar-refractivity contribution in [2.24, 2.45) is 11.1 Å². The molecule has 1 aromatic heterocycles. The van der Waals surface area contributed by atoms with E-state index in [9.17, 15) is 0 Å². The summed E-state index contributed by atoms with van der Waals surface area (Å²) in [4.78, 5) is 4.74. The summed E-state index contributed by atoms with van der Waals surface area (Å²) in [5, 5.41) is 0. The molecule has 1 aromatic rings. The summed E-state index contributed by atoms with van der Waals surface area (Å²) in [6.07, 6.45) is 5.95. The highest BCUT2D eigenvalue weighted by Gasteiger charge is 2.57. The number of rotatable bonds is 1. The van der Waals surface area contributed by atoms with E-state index in [0.717, 1.165) is 13.0 Å². The van der Waals surface area contributed by atoms with Gasteiger partial charge in [-0.1, -0.05) is 13.8 Å². The first-order chi connectivity index (χ1) is 7.10. The van der Waals surface area contributed by atoms with Crippen LogP contribution < -0.4 is 5.73 Å². The maximum Gasteiger partial charge on any atom is 0.108 e. The minimum atomic E-state index is 0.254. The smallest absolute Gasteiger partial charge is 0.108 e. The van der Waals surface area contributed by atoms with Crippen LogP contribution >= 0.6 is 0 Å². The Morgan fingerprint density at radius 1 is 1.47 bits per heavy atom. The zero-order valence-electron chi connectivity index (χ0n) is 9.53. The van der Waals surface area contributed by atoms with Gasteiger partial charge >= 0.3 is 0 Å². The fraction of sp³-hybridized carbons (Fsp3) is 0.750. The first-order valence-electron chi connectivity index (χ1n) is 5.92. The number of nitrogens with two attached hydrogens (primary N) is 1. The van der Waals surface area contributed by atoms with E-state index in [-0.39, 0.29) is 5.41 Å². The van der Waals surface area contributed by atoms with Crippen LogP contribution in [0, 0.1) is 5.41 Å². The van der Waals surface area contributed by atoms with Gasteiger partial charge in [-0.3, -0.25) is 0 Å². The first kappa shape index (κ1) is 9.40. The van der Waals surface area contributed by atoms with Gasteiger partial charge in [-0.2, -0.15) is 0 Å². The normalized spacial score (nSPS) is 32.5. The number of imidazole rings is 1. The predicted molar refractivity (Wildman–Crippen MR) is 59.7 cm³/mol. The Labute approximate surface area is 90.7 Å². The minimum absolute atomic E-state index is 0.254. The molecule has 2 N–H and O–H groups in total. The van der Waals surface area contributed by atoms with E-state index < -0.39 is 0 Å². The second-order valence-corrected chi connectivity index (χ2v) is 5.56. The third-order valence-electron chi connectivity index (χ3n) is 4.16. The Balaban J connectivity index is 1.91. The molecule has 15 heavy (non-hydrogen) atoms. The minimum Gasteiger partial charge on any atom is -0.335 e. The molecule has 2 atom stereocenters. The van der Waals surface area contributed by atoms with Crippen LogP contribution in [0.2, 0.25) is 0 Å². The molecule has 3 nitrogen and oxygen atoms in total. The van der Waals surface area contributed by atoms with Gasteiger partial charge in [0.05, 0.1) is 5.69 Å². The second kappa shape index (κ2) is 2.85. The van der Waals surface area contributed by atoms with E-state index in [1.807, 2.05) is 0 Å². The van der Waals surface area contributed by atoms with E-state index >= 15 is 0 Å². The lowest BCUT2D eigenvalue weighted by Gasteiger charge is -2.11. The summed E-state index contributed by atoms with van der Waals surface area (Å²) in [6.45, 7) is 5.62. The number of hydrogen-bond acceptors (Lipinski definition) is 2. The van der Waals surface area contributed by atoms with E-state index in [4.69, 9.17) is 10.7 Å². The van der Waals surface area contributed by atoms with Gasteiger partial charge in [-0.05, 0) is 18.3 Å². The summed E-state index contributed by atoms with van der Waals surface area (Å²) < 4.78 is 2.32. The second-order valence-electron chi connectivity index (χ2n) is 5.56. The maximum absolute atomic E-state index is 6.08. The zero-order valence-corrected chi connectivity index (χ0v) is 9.53. The van der Waals surface area contributed by atoms with E-state index in [1.165, 1.54) is 24.4 Å². The molecule has 1 aliphatic carbocycles. The lowest BCUT2D eigenvalue weighted by molar-refractivity contribution is 0.522. The lowest BCUT2D eigenvalue weighted by Crippen LogP contribution is -2.08. The van der Waals surface area contributed by atoms with Crippen LogP contribution in [0.15, 0.2) is 6.20 Å². The molecule has 0 saturated heterocycles. The van der Waals surface area contributed by atoms with Crippen LogP contribution in [0.4, 0.5) is 0 Å². The molecule has 2 unspecified atom stereocenters. The Kier molecular flexibility index (Phi) is 1.78. The Morgan fingerprint density at radius 2 is 2.20 bits per heavy atom. The molecule has 1 saturated carbocycles. The molecule has 1 aliphatic heterocycles. The summed E-state index contributed by atoms with van der Waals surface area (Å²) in [7, 11) is 0. The lowest BCUT2D eigenvalue weighted by atomic mass is 10.1. The van der Waals surface area contributed by atoms with Gasteiger partial charge < -0.3 is 10.3 Å². The molecule has 0 spiro atoms. The molecule has 2 heterocycles. The van der Waals surface area contributed by atoms with Crippen molar-refractivity contribution in [1.82, 2.24) is 9.55 Å². The summed E-state index contributed by atoms with van der Waals surface area (Å²) in [5.74, 6) is 1.75. The predicted octanol–water partition coefficient (Wildman–Crippen LogP) is 1.67. The number of aryl methyl sites for hydroxylation is 2. The molecule has 3 heteroatoms. The van der Waals surface area contributed by atoms with Crippen molar-refractivity contribution in [2.75, 3.05) is 0 Å². The molecule has 1 fully saturated rings. The quantitative estimate of drug-likeness (QED) is 0.758. The highest BCUT2D eigenvalue weighted by atomic mass is 15.1. The standard InChI is InChI=1S/C12H19N3/c1-12(2)10(11(12)13)8-7-15-6-4-3-5-9(15)14-8/h7,10-11H,3-6,13H2,1-2H3. The Bertz CT molecular complexity index is 368. The van der Waals surface area contributed by atoms with Crippen LogP contribution in [0.5, 0.6) is 0 Å². The van der Waals surface area contributed by atoms with Crippen molar-refractivity contribution in [3.8, 4) is 0 Å².